The summed E-state index contributed by atoms with van der Waals surface area (Å²) in [6.07, 6.45) is 2.86. The summed E-state index contributed by atoms with van der Waals surface area (Å²) in [7, 11) is 0. The lowest BCUT2D eigenvalue weighted by molar-refractivity contribution is -0.142. The summed E-state index contributed by atoms with van der Waals surface area (Å²) in [4.78, 5) is 28.4. The molecule has 1 heterocycles. The third-order valence-corrected chi connectivity index (χ3v) is 2.32. The van der Waals surface area contributed by atoms with Gasteiger partial charge in [0.25, 0.3) is 5.56 Å². The number of carboxylic acid groups (broad SMARTS) is 1. The summed E-state index contributed by atoms with van der Waals surface area (Å²) in [6, 6.07) is 0. The van der Waals surface area contributed by atoms with Gasteiger partial charge in [0.1, 0.15) is 0 Å². The highest BCUT2D eigenvalue weighted by molar-refractivity contribution is 5.71. The first kappa shape index (κ1) is 12.2. The number of hydrogen-bond donors (Lipinski definition) is 3. The van der Waals surface area contributed by atoms with Crippen LogP contribution in [0.25, 0.3) is 0 Å². The summed E-state index contributed by atoms with van der Waals surface area (Å²) in [6.45, 7) is 3.83. The molecular formula is C10H15N3O3. The number of anilines is 1. The minimum absolute atomic E-state index is 0.00667. The largest absolute Gasteiger partial charge is 0.481 e. The van der Waals surface area contributed by atoms with Crippen molar-refractivity contribution in [3.8, 4) is 0 Å². The second-order valence-corrected chi connectivity index (χ2v) is 3.84. The number of hydrogen-bond acceptors (Lipinski definition) is 4. The van der Waals surface area contributed by atoms with Crippen LogP contribution in [0.1, 0.15) is 13.8 Å². The first-order chi connectivity index (χ1) is 7.52. The van der Waals surface area contributed by atoms with E-state index in [1.54, 1.807) is 0 Å². The molecule has 1 aromatic rings. The number of aromatic nitrogens is 2. The third-order valence-electron chi connectivity index (χ3n) is 2.32. The number of H-pyrrole nitrogens is 1. The van der Waals surface area contributed by atoms with Gasteiger partial charge in [-0.05, 0) is 5.92 Å². The molecule has 1 unspecified atom stereocenters. The van der Waals surface area contributed by atoms with Crippen molar-refractivity contribution in [2.24, 2.45) is 11.8 Å². The molecule has 0 fully saturated rings. The second-order valence-electron chi connectivity index (χ2n) is 3.84. The van der Waals surface area contributed by atoms with E-state index in [2.05, 4.69) is 15.3 Å². The molecule has 0 radical (unpaired) electrons. The fraction of sp³-hybridized carbons (Fsp3) is 0.500. The molecule has 16 heavy (non-hydrogen) atoms. The first-order valence-electron chi connectivity index (χ1n) is 5.02. The van der Waals surface area contributed by atoms with Crippen molar-refractivity contribution in [2.45, 2.75) is 13.8 Å². The fourth-order valence-corrected chi connectivity index (χ4v) is 1.29. The van der Waals surface area contributed by atoms with Gasteiger partial charge in [-0.15, -0.1) is 0 Å². The van der Waals surface area contributed by atoms with E-state index in [0.29, 0.717) is 0 Å². The number of carbonyl (C=O) groups is 1. The van der Waals surface area contributed by atoms with Crippen molar-refractivity contribution in [1.29, 1.82) is 0 Å². The van der Waals surface area contributed by atoms with Crippen molar-refractivity contribution < 1.29 is 9.90 Å². The smallest absolute Gasteiger partial charge is 0.308 e. The van der Waals surface area contributed by atoms with Gasteiger partial charge in [-0.2, -0.15) is 0 Å². The molecule has 0 saturated heterocycles. The number of nitrogens with one attached hydrogen (secondary N) is 2. The van der Waals surface area contributed by atoms with Crippen molar-refractivity contribution in [3.05, 3.63) is 22.7 Å². The summed E-state index contributed by atoms with van der Waals surface area (Å²) in [5.74, 6) is -1.28. The van der Waals surface area contributed by atoms with Gasteiger partial charge in [-0.3, -0.25) is 9.59 Å². The van der Waals surface area contributed by atoms with Crippen LogP contribution in [-0.4, -0.2) is 27.6 Å². The van der Waals surface area contributed by atoms with E-state index in [1.807, 2.05) is 13.8 Å². The van der Waals surface area contributed by atoms with Gasteiger partial charge in [0.15, 0.2) is 5.82 Å². The maximum absolute atomic E-state index is 11.2. The summed E-state index contributed by atoms with van der Waals surface area (Å²) in [5, 5.41) is 11.7. The molecule has 0 aliphatic rings. The van der Waals surface area contributed by atoms with Crippen LogP contribution >= 0.6 is 0 Å². The number of rotatable bonds is 5. The summed E-state index contributed by atoms with van der Waals surface area (Å²) >= 11 is 0. The predicted octanol–water partition coefficient (Wildman–Crippen LogP) is 0.539. The topological polar surface area (TPSA) is 95.1 Å². The van der Waals surface area contributed by atoms with Crippen molar-refractivity contribution in [2.75, 3.05) is 11.9 Å². The Labute approximate surface area is 92.7 Å². The number of carboxylic acids is 1. The molecule has 0 saturated carbocycles. The van der Waals surface area contributed by atoms with Gasteiger partial charge in [0.2, 0.25) is 0 Å². The number of aliphatic carboxylic acids is 1. The van der Waals surface area contributed by atoms with Crippen LogP contribution in [-0.2, 0) is 4.79 Å². The Balaban J connectivity index is 2.66. The lowest BCUT2D eigenvalue weighted by atomic mass is 9.96. The molecule has 0 aliphatic carbocycles. The Morgan fingerprint density at radius 3 is 2.81 bits per heavy atom. The molecule has 0 spiro atoms. The van der Waals surface area contributed by atoms with Crippen molar-refractivity contribution in [3.63, 3.8) is 0 Å². The number of nitrogens with zero attached hydrogens (tertiary/aromatic N) is 1. The second kappa shape index (κ2) is 5.29. The van der Waals surface area contributed by atoms with Crippen LogP contribution in [0.4, 0.5) is 5.82 Å². The van der Waals surface area contributed by atoms with Gasteiger partial charge in [-0.1, -0.05) is 13.8 Å². The predicted molar refractivity (Wildman–Crippen MR) is 59.3 cm³/mol. The molecule has 1 aromatic heterocycles. The zero-order valence-corrected chi connectivity index (χ0v) is 9.23. The SMILES string of the molecule is CC(C)C(CNc1ncc[nH]c1=O)C(=O)O. The Morgan fingerprint density at radius 1 is 1.62 bits per heavy atom. The maximum Gasteiger partial charge on any atom is 0.308 e. The van der Waals surface area contributed by atoms with Crippen LogP contribution in [0.15, 0.2) is 17.2 Å². The molecule has 6 heteroatoms. The van der Waals surface area contributed by atoms with Crippen molar-refractivity contribution in [1.82, 2.24) is 9.97 Å². The Bertz CT molecular complexity index is 414. The highest BCUT2D eigenvalue weighted by Gasteiger charge is 2.21. The average molecular weight is 225 g/mol. The minimum atomic E-state index is -0.880. The molecule has 0 aromatic carbocycles. The quantitative estimate of drug-likeness (QED) is 0.679. The summed E-state index contributed by atoms with van der Waals surface area (Å²) < 4.78 is 0. The molecular weight excluding hydrogens is 210 g/mol. The average Bonchev–Trinajstić information content (AvgIpc) is 2.20. The number of aromatic amines is 1. The molecule has 0 amide bonds. The molecule has 0 bridgehead atoms. The normalized spacial score (nSPS) is 12.4. The highest BCUT2D eigenvalue weighted by Crippen LogP contribution is 2.11. The minimum Gasteiger partial charge on any atom is -0.481 e. The Kier molecular flexibility index (Phi) is 4.04. The maximum atomic E-state index is 11.2. The van der Waals surface area contributed by atoms with Gasteiger partial charge in [0, 0.05) is 18.9 Å². The lowest BCUT2D eigenvalue weighted by Crippen LogP contribution is -2.29. The van der Waals surface area contributed by atoms with E-state index in [4.69, 9.17) is 5.11 Å². The van der Waals surface area contributed by atoms with Gasteiger partial charge in [0.05, 0.1) is 5.92 Å². The van der Waals surface area contributed by atoms with E-state index < -0.39 is 11.9 Å². The van der Waals surface area contributed by atoms with E-state index in [0.717, 1.165) is 0 Å². The zero-order chi connectivity index (χ0) is 12.1. The monoisotopic (exact) mass is 225 g/mol. The molecule has 88 valence electrons. The zero-order valence-electron chi connectivity index (χ0n) is 9.23. The highest BCUT2D eigenvalue weighted by atomic mass is 16.4. The molecule has 6 nitrogen and oxygen atoms in total. The fourth-order valence-electron chi connectivity index (χ4n) is 1.29. The molecule has 1 rings (SSSR count). The van der Waals surface area contributed by atoms with Crippen LogP contribution < -0.4 is 10.9 Å². The van der Waals surface area contributed by atoms with E-state index in [1.165, 1.54) is 12.4 Å². The van der Waals surface area contributed by atoms with Gasteiger partial charge < -0.3 is 15.4 Å². The van der Waals surface area contributed by atoms with E-state index in [9.17, 15) is 9.59 Å². The van der Waals surface area contributed by atoms with Gasteiger partial charge >= 0.3 is 5.97 Å². The summed E-state index contributed by atoms with van der Waals surface area (Å²) in [5.41, 5.74) is -0.351. The van der Waals surface area contributed by atoms with Crippen LogP contribution in [0.2, 0.25) is 0 Å². The van der Waals surface area contributed by atoms with Crippen molar-refractivity contribution >= 4 is 11.8 Å². The van der Waals surface area contributed by atoms with Crippen LogP contribution in [0, 0.1) is 11.8 Å². The molecule has 1 atom stereocenters. The molecule has 0 aliphatic heterocycles. The van der Waals surface area contributed by atoms with E-state index in [-0.39, 0.29) is 23.8 Å². The molecule has 3 N–H and O–H groups in total. The third kappa shape index (κ3) is 3.08. The van der Waals surface area contributed by atoms with Crippen LogP contribution in [0.5, 0.6) is 0 Å². The Morgan fingerprint density at radius 2 is 2.31 bits per heavy atom. The lowest BCUT2D eigenvalue weighted by Gasteiger charge is -2.16. The first-order valence-corrected chi connectivity index (χ1v) is 5.02. The van der Waals surface area contributed by atoms with Crippen LogP contribution in [0.3, 0.4) is 0 Å². The van der Waals surface area contributed by atoms with Gasteiger partial charge in [-0.25, -0.2) is 4.98 Å². The van der Waals surface area contributed by atoms with E-state index >= 15 is 0 Å². The Hall–Kier alpha value is -1.85. The standard InChI is InChI=1S/C10H15N3O3/c1-6(2)7(10(15)16)5-13-8-9(14)12-4-3-11-8/h3-4,6-7H,5H2,1-2H3,(H,11,13)(H,12,14)(H,15,16).